The van der Waals surface area contributed by atoms with Gasteiger partial charge in [0.05, 0.1) is 4.34 Å². The molecule has 1 aromatic heterocycles. The number of alkyl halides is 3. The van der Waals surface area contributed by atoms with Crippen LogP contribution in [0.1, 0.15) is 41.3 Å². The number of hydrogen-bond donors (Lipinski definition) is 1. The summed E-state index contributed by atoms with van der Waals surface area (Å²) < 4.78 is 41.2. The Morgan fingerprint density at radius 3 is 2.45 bits per heavy atom. The lowest BCUT2D eigenvalue weighted by Crippen LogP contribution is -2.30. The van der Waals surface area contributed by atoms with Crippen LogP contribution in [0.4, 0.5) is 13.2 Å². The number of likely N-dealkylation sites (N-methyl/N-ethyl adjacent to an activating group) is 1. The summed E-state index contributed by atoms with van der Waals surface area (Å²) in [5.41, 5.74) is 6.63. The van der Waals surface area contributed by atoms with Crippen LogP contribution in [0.25, 0.3) is 5.57 Å². The Balaban J connectivity index is 0.000000890. The van der Waals surface area contributed by atoms with Crippen LogP contribution in [-0.2, 0) is 6.54 Å². The van der Waals surface area contributed by atoms with Gasteiger partial charge in [-0.25, -0.2) is 0 Å². The number of nitrogens with two attached hydrogens (primary N) is 1. The monoisotopic (exact) mass is 495 g/mol. The molecule has 0 aliphatic carbocycles. The van der Waals surface area contributed by atoms with Gasteiger partial charge in [0.25, 0.3) is 0 Å². The number of halogens is 4. The largest absolute Gasteiger partial charge is 0.431 e. The van der Waals surface area contributed by atoms with Gasteiger partial charge >= 0.3 is 6.18 Å². The van der Waals surface area contributed by atoms with Gasteiger partial charge in [-0.1, -0.05) is 61.2 Å². The maximum Gasteiger partial charge on any atom is 0.431 e. The molecule has 2 N–H and O–H groups in total. The molecule has 2 aromatic rings. The second-order valence-corrected chi connectivity index (χ2v) is 9.70. The van der Waals surface area contributed by atoms with E-state index in [0.29, 0.717) is 16.4 Å². The minimum atomic E-state index is -4.65. The van der Waals surface area contributed by atoms with Crippen molar-refractivity contribution in [1.82, 2.24) is 4.90 Å². The van der Waals surface area contributed by atoms with E-state index in [2.05, 4.69) is 23.1 Å². The van der Waals surface area contributed by atoms with Crippen LogP contribution in [0.3, 0.4) is 0 Å². The van der Waals surface area contributed by atoms with Gasteiger partial charge in [0.1, 0.15) is 5.70 Å². The van der Waals surface area contributed by atoms with Gasteiger partial charge in [-0.15, -0.1) is 11.3 Å². The first-order valence-corrected chi connectivity index (χ1v) is 11.6. The van der Waals surface area contributed by atoms with Crippen molar-refractivity contribution >= 4 is 34.7 Å². The molecule has 1 aromatic carbocycles. The van der Waals surface area contributed by atoms with Crippen molar-refractivity contribution in [3.63, 3.8) is 0 Å². The number of aliphatic imine (C=N–C) groups is 1. The molecule has 1 aliphatic heterocycles. The Kier molecular flexibility index (Phi) is 9.52. The Labute approximate surface area is 202 Å². The fraction of sp³-hybridized carbons (Fsp3) is 0.320. The first-order valence-electron chi connectivity index (χ1n) is 10.4. The van der Waals surface area contributed by atoms with E-state index in [4.69, 9.17) is 17.3 Å². The summed E-state index contributed by atoms with van der Waals surface area (Å²) >= 11 is 7.76. The number of hydrogen-bond acceptors (Lipinski definition) is 4. The molecular weight excluding hydrogens is 467 g/mol. The van der Waals surface area contributed by atoms with Crippen LogP contribution >= 0.6 is 22.9 Å². The average molecular weight is 496 g/mol. The third-order valence-corrected chi connectivity index (χ3v) is 6.25. The summed E-state index contributed by atoms with van der Waals surface area (Å²) in [7, 11) is 1.99. The predicted molar refractivity (Wildman–Crippen MR) is 135 cm³/mol. The highest BCUT2D eigenvalue weighted by molar-refractivity contribution is 7.16. The van der Waals surface area contributed by atoms with Crippen molar-refractivity contribution in [3.05, 3.63) is 87.2 Å². The molecule has 8 heteroatoms. The standard InChI is InChI=1S/C21H23ClF3N3S.C4H6/c1-12(2)27-9-16(20(26)21(23,24)25)13-6-4-5-7-14(13)17-10-28(3)11-18-15(17)8-19(22)29-18;1-3-4-2/h4-9,12,17H,10-11,26H2,1-3H3;3-4H,1-2H2/b20-16+,27-9?;. The zero-order valence-electron chi connectivity index (χ0n) is 19.0. The molecule has 1 unspecified atom stereocenters. The number of benzene rings is 1. The summed E-state index contributed by atoms with van der Waals surface area (Å²) in [5, 5.41) is 0. The van der Waals surface area contributed by atoms with Crippen molar-refractivity contribution in [1.29, 1.82) is 0 Å². The average Bonchev–Trinajstić information content (AvgIpc) is 3.12. The van der Waals surface area contributed by atoms with Crippen molar-refractivity contribution in [3.8, 4) is 0 Å². The predicted octanol–water partition coefficient (Wildman–Crippen LogP) is 7.05. The van der Waals surface area contributed by atoms with E-state index in [1.807, 2.05) is 25.2 Å². The number of nitrogens with zero attached hydrogens (tertiary/aromatic N) is 2. The van der Waals surface area contributed by atoms with E-state index in [0.717, 1.165) is 22.5 Å². The van der Waals surface area contributed by atoms with Gasteiger partial charge in [-0.3, -0.25) is 4.99 Å². The van der Waals surface area contributed by atoms with Crippen LogP contribution in [0, 0.1) is 0 Å². The van der Waals surface area contributed by atoms with E-state index in [1.165, 1.54) is 17.6 Å². The van der Waals surface area contributed by atoms with E-state index < -0.39 is 11.9 Å². The molecule has 0 bridgehead atoms. The minimum Gasteiger partial charge on any atom is -0.394 e. The lowest BCUT2D eigenvalue weighted by atomic mass is 9.83. The molecule has 3 nitrogen and oxygen atoms in total. The summed E-state index contributed by atoms with van der Waals surface area (Å²) in [4.78, 5) is 7.47. The Morgan fingerprint density at radius 1 is 1.24 bits per heavy atom. The SMILES string of the molecule is C=CC=C.CC(C)N=C/C(=C(\N)C(F)(F)F)c1ccccc1C1CN(C)Cc2sc(Cl)cc21. The molecule has 0 saturated carbocycles. The topological polar surface area (TPSA) is 41.6 Å². The van der Waals surface area contributed by atoms with Crippen molar-refractivity contribution in [2.75, 3.05) is 13.6 Å². The summed E-state index contributed by atoms with van der Waals surface area (Å²) in [5.74, 6) is -0.104. The van der Waals surface area contributed by atoms with E-state index in [1.54, 1.807) is 38.1 Å². The Morgan fingerprint density at radius 2 is 1.88 bits per heavy atom. The zero-order valence-corrected chi connectivity index (χ0v) is 20.6. The third kappa shape index (κ3) is 7.06. The second kappa shape index (κ2) is 11.7. The van der Waals surface area contributed by atoms with Crippen LogP contribution in [0.2, 0.25) is 4.34 Å². The number of thiophene rings is 1. The number of rotatable bonds is 5. The molecule has 1 atom stereocenters. The van der Waals surface area contributed by atoms with Gasteiger partial charge in [0, 0.05) is 41.7 Å². The Bertz CT molecular complexity index is 1030. The quantitative estimate of drug-likeness (QED) is 0.356. The van der Waals surface area contributed by atoms with Crippen LogP contribution in [-0.4, -0.2) is 36.9 Å². The fourth-order valence-corrected chi connectivity index (χ4v) is 4.94. The van der Waals surface area contributed by atoms with E-state index >= 15 is 0 Å². The second-order valence-electron chi connectivity index (χ2n) is 7.93. The molecule has 0 fully saturated rings. The fourth-order valence-electron chi connectivity index (χ4n) is 3.52. The molecule has 2 heterocycles. The molecule has 0 saturated heterocycles. The minimum absolute atomic E-state index is 0.0992. The molecule has 0 spiro atoms. The van der Waals surface area contributed by atoms with Gasteiger partial charge in [-0.05, 0) is 43.7 Å². The number of fused-ring (bicyclic) bond motifs is 1. The van der Waals surface area contributed by atoms with Gasteiger partial charge in [-0.2, -0.15) is 13.2 Å². The van der Waals surface area contributed by atoms with Crippen LogP contribution < -0.4 is 5.73 Å². The van der Waals surface area contributed by atoms with Gasteiger partial charge in [0.2, 0.25) is 0 Å². The summed E-state index contributed by atoms with van der Waals surface area (Å²) in [6, 6.07) is 8.87. The molecule has 3 rings (SSSR count). The highest BCUT2D eigenvalue weighted by atomic mass is 35.5. The van der Waals surface area contributed by atoms with Gasteiger partial charge < -0.3 is 10.6 Å². The smallest absolute Gasteiger partial charge is 0.394 e. The molecule has 0 amide bonds. The van der Waals surface area contributed by atoms with Crippen molar-refractivity contribution < 1.29 is 13.2 Å². The maximum absolute atomic E-state index is 13.5. The molecule has 1 aliphatic rings. The van der Waals surface area contributed by atoms with Crippen LogP contribution in [0.15, 0.2) is 66.3 Å². The van der Waals surface area contributed by atoms with Gasteiger partial charge in [0.15, 0.2) is 0 Å². The lowest BCUT2D eigenvalue weighted by molar-refractivity contribution is -0.0918. The van der Waals surface area contributed by atoms with E-state index in [9.17, 15) is 13.2 Å². The molecular formula is C25H29ClF3N3S. The highest BCUT2D eigenvalue weighted by Gasteiger charge is 2.36. The first kappa shape index (κ1) is 26.9. The third-order valence-electron chi connectivity index (χ3n) is 4.99. The molecule has 0 radical (unpaired) electrons. The molecule has 33 heavy (non-hydrogen) atoms. The Hall–Kier alpha value is -2.35. The summed E-state index contributed by atoms with van der Waals surface area (Å²) in [6.07, 6.45) is -0.119. The lowest BCUT2D eigenvalue weighted by Gasteiger charge is -2.31. The van der Waals surface area contributed by atoms with E-state index in [-0.39, 0.29) is 17.5 Å². The summed E-state index contributed by atoms with van der Waals surface area (Å²) in [6.45, 7) is 11.8. The highest BCUT2D eigenvalue weighted by Crippen LogP contribution is 2.42. The normalized spacial score (nSPS) is 17.3. The van der Waals surface area contributed by atoms with Crippen LogP contribution in [0.5, 0.6) is 0 Å². The number of allylic oxidation sites excluding steroid dienone is 4. The van der Waals surface area contributed by atoms with Crippen molar-refractivity contribution in [2.45, 2.75) is 38.5 Å². The molecule has 178 valence electrons. The maximum atomic E-state index is 13.5. The zero-order chi connectivity index (χ0) is 24.8. The van der Waals surface area contributed by atoms with Crippen molar-refractivity contribution in [2.24, 2.45) is 10.7 Å². The first-order chi connectivity index (χ1) is 15.5.